The van der Waals surface area contributed by atoms with E-state index < -0.39 is 15.8 Å². The van der Waals surface area contributed by atoms with Crippen molar-refractivity contribution in [3.8, 4) is 11.4 Å². The Balaban J connectivity index is 1.84. The zero-order valence-electron chi connectivity index (χ0n) is 15.6. The molecule has 6 nitrogen and oxygen atoms in total. The van der Waals surface area contributed by atoms with Crippen molar-refractivity contribution in [1.82, 2.24) is 4.57 Å². The highest BCUT2D eigenvalue weighted by molar-refractivity contribution is 7.89. The van der Waals surface area contributed by atoms with Crippen LogP contribution in [-0.4, -0.2) is 25.4 Å². The molecule has 29 heavy (non-hydrogen) atoms. The lowest BCUT2D eigenvalue weighted by Crippen LogP contribution is -2.13. The standard InChI is InChI=1S/C20H18ClFN2O4S/c1-12-9-17(19(25)11-28-20-8-3-14(22)10-18(20)21)13(2)24(12)15-4-6-16(7-5-15)29(23,26)27/h3-10H,11H2,1-2H3,(H2,23,26,27). The summed E-state index contributed by atoms with van der Waals surface area (Å²) in [5.74, 6) is -0.551. The van der Waals surface area contributed by atoms with Gasteiger partial charge in [-0.25, -0.2) is 17.9 Å². The number of primary sulfonamides is 1. The van der Waals surface area contributed by atoms with E-state index in [-0.39, 0.29) is 28.1 Å². The van der Waals surface area contributed by atoms with Gasteiger partial charge in [0.15, 0.2) is 6.61 Å². The van der Waals surface area contributed by atoms with Crippen LogP contribution in [0.25, 0.3) is 5.69 Å². The van der Waals surface area contributed by atoms with E-state index in [9.17, 15) is 17.6 Å². The molecule has 0 saturated heterocycles. The average molecular weight is 437 g/mol. The molecule has 1 aromatic heterocycles. The minimum atomic E-state index is -3.78. The first-order valence-electron chi connectivity index (χ1n) is 8.51. The largest absolute Gasteiger partial charge is 0.484 e. The Bertz CT molecular complexity index is 1190. The number of ether oxygens (including phenoxy) is 1. The number of nitrogens with zero attached hydrogens (tertiary/aromatic N) is 1. The molecule has 2 N–H and O–H groups in total. The predicted molar refractivity (Wildman–Crippen MR) is 108 cm³/mol. The van der Waals surface area contributed by atoms with Crippen LogP contribution in [0.4, 0.5) is 4.39 Å². The van der Waals surface area contributed by atoms with Crippen molar-refractivity contribution in [2.45, 2.75) is 18.7 Å². The zero-order valence-corrected chi connectivity index (χ0v) is 17.2. The average Bonchev–Trinajstić information content (AvgIpc) is 2.94. The van der Waals surface area contributed by atoms with Crippen LogP contribution in [0.3, 0.4) is 0 Å². The summed E-state index contributed by atoms with van der Waals surface area (Å²) < 4.78 is 43.2. The molecule has 9 heteroatoms. The van der Waals surface area contributed by atoms with Crippen LogP contribution in [0.1, 0.15) is 21.7 Å². The van der Waals surface area contributed by atoms with Gasteiger partial charge >= 0.3 is 0 Å². The number of Topliss-reactive ketones (excluding diaryl/α,β-unsaturated/α-hetero) is 1. The first-order valence-corrected chi connectivity index (χ1v) is 10.4. The third-order valence-electron chi connectivity index (χ3n) is 4.41. The number of benzene rings is 2. The number of rotatable bonds is 6. The maximum atomic E-state index is 13.1. The monoisotopic (exact) mass is 436 g/mol. The molecule has 0 aliphatic carbocycles. The summed E-state index contributed by atoms with van der Waals surface area (Å²) in [6.07, 6.45) is 0. The van der Waals surface area contributed by atoms with Gasteiger partial charge in [-0.15, -0.1) is 0 Å². The van der Waals surface area contributed by atoms with Crippen molar-refractivity contribution >= 4 is 27.4 Å². The lowest BCUT2D eigenvalue weighted by molar-refractivity contribution is 0.0921. The summed E-state index contributed by atoms with van der Waals surface area (Å²) in [5, 5.41) is 5.21. The van der Waals surface area contributed by atoms with Crippen LogP contribution >= 0.6 is 11.6 Å². The Labute approximate surface area is 172 Å². The van der Waals surface area contributed by atoms with Gasteiger partial charge < -0.3 is 9.30 Å². The predicted octanol–water partition coefficient (Wildman–Crippen LogP) is 3.80. The lowest BCUT2D eigenvalue weighted by atomic mass is 10.1. The second kappa shape index (κ2) is 7.98. The number of hydrogen-bond donors (Lipinski definition) is 1. The summed E-state index contributed by atoms with van der Waals surface area (Å²) in [6.45, 7) is 3.34. The molecule has 0 unspecified atom stereocenters. The van der Waals surface area contributed by atoms with Crippen molar-refractivity contribution in [1.29, 1.82) is 0 Å². The highest BCUT2D eigenvalue weighted by Crippen LogP contribution is 2.26. The molecule has 0 aliphatic heterocycles. The fourth-order valence-electron chi connectivity index (χ4n) is 3.04. The van der Waals surface area contributed by atoms with E-state index in [0.717, 1.165) is 11.8 Å². The summed E-state index contributed by atoms with van der Waals surface area (Å²) in [6, 6.07) is 11.4. The molecule has 0 amide bonds. The van der Waals surface area contributed by atoms with Crippen molar-refractivity contribution in [3.05, 3.63) is 76.3 Å². The van der Waals surface area contributed by atoms with Gasteiger partial charge in [0.1, 0.15) is 11.6 Å². The maximum Gasteiger partial charge on any atom is 0.238 e. The number of nitrogens with two attached hydrogens (primary N) is 1. The first kappa shape index (κ1) is 21.0. The fraction of sp³-hybridized carbons (Fsp3) is 0.150. The van der Waals surface area contributed by atoms with Crippen molar-refractivity contribution in [3.63, 3.8) is 0 Å². The Morgan fingerprint density at radius 2 is 1.79 bits per heavy atom. The molecule has 152 valence electrons. The Hall–Kier alpha value is -2.68. The van der Waals surface area contributed by atoms with E-state index in [1.165, 1.54) is 24.3 Å². The minimum absolute atomic E-state index is 0.00425. The molecule has 0 spiro atoms. The van der Waals surface area contributed by atoms with Crippen LogP contribution in [0.2, 0.25) is 5.02 Å². The molecular formula is C20H18ClFN2O4S. The van der Waals surface area contributed by atoms with E-state index in [0.29, 0.717) is 16.9 Å². The third-order valence-corrected chi connectivity index (χ3v) is 5.63. The van der Waals surface area contributed by atoms with E-state index in [1.54, 1.807) is 25.1 Å². The highest BCUT2D eigenvalue weighted by Gasteiger charge is 2.18. The lowest BCUT2D eigenvalue weighted by Gasteiger charge is -2.11. The molecule has 3 rings (SSSR count). The van der Waals surface area contributed by atoms with Crippen LogP contribution < -0.4 is 9.88 Å². The molecule has 0 fully saturated rings. The van der Waals surface area contributed by atoms with E-state index in [4.69, 9.17) is 21.5 Å². The van der Waals surface area contributed by atoms with Gasteiger partial charge in [-0.2, -0.15) is 0 Å². The summed E-state index contributed by atoms with van der Waals surface area (Å²) in [4.78, 5) is 12.7. The molecule has 0 atom stereocenters. The second-order valence-electron chi connectivity index (χ2n) is 6.45. The topological polar surface area (TPSA) is 91.4 Å². The number of aromatic nitrogens is 1. The van der Waals surface area contributed by atoms with Crippen molar-refractivity contribution in [2.75, 3.05) is 6.61 Å². The van der Waals surface area contributed by atoms with Crippen LogP contribution in [0.15, 0.2) is 53.4 Å². The molecule has 0 aliphatic rings. The van der Waals surface area contributed by atoms with Gasteiger partial charge in [-0.1, -0.05) is 11.6 Å². The van der Waals surface area contributed by atoms with Crippen LogP contribution in [0, 0.1) is 19.7 Å². The van der Waals surface area contributed by atoms with Gasteiger partial charge in [-0.05, 0) is 62.4 Å². The number of aryl methyl sites for hydroxylation is 1. The number of carbonyl (C=O) groups excluding carboxylic acids is 1. The number of carbonyl (C=O) groups is 1. The van der Waals surface area contributed by atoms with Crippen LogP contribution in [0.5, 0.6) is 5.75 Å². The molecule has 0 saturated carbocycles. The molecule has 0 bridgehead atoms. The number of hydrogen-bond acceptors (Lipinski definition) is 4. The minimum Gasteiger partial charge on any atom is -0.484 e. The van der Waals surface area contributed by atoms with E-state index in [2.05, 4.69) is 0 Å². The SMILES string of the molecule is Cc1cc(C(=O)COc2ccc(F)cc2Cl)c(C)n1-c1ccc(S(N)(=O)=O)cc1. The van der Waals surface area contributed by atoms with E-state index in [1.807, 2.05) is 11.5 Å². The summed E-state index contributed by atoms with van der Waals surface area (Å²) in [5.41, 5.74) is 2.60. The number of sulfonamides is 1. The highest BCUT2D eigenvalue weighted by atomic mass is 35.5. The van der Waals surface area contributed by atoms with Gasteiger partial charge in [0.25, 0.3) is 0 Å². The second-order valence-corrected chi connectivity index (χ2v) is 8.41. The zero-order chi connectivity index (χ0) is 21.3. The Morgan fingerprint density at radius 3 is 2.38 bits per heavy atom. The first-order chi connectivity index (χ1) is 13.6. The number of halogens is 2. The third kappa shape index (κ3) is 4.50. The van der Waals surface area contributed by atoms with Crippen LogP contribution in [-0.2, 0) is 10.0 Å². The fourth-order valence-corrected chi connectivity index (χ4v) is 3.78. The van der Waals surface area contributed by atoms with Gasteiger partial charge in [0.05, 0.1) is 9.92 Å². The Morgan fingerprint density at radius 1 is 1.14 bits per heavy atom. The van der Waals surface area contributed by atoms with Gasteiger partial charge in [0.2, 0.25) is 15.8 Å². The summed E-state index contributed by atoms with van der Waals surface area (Å²) >= 11 is 5.91. The number of ketones is 1. The van der Waals surface area contributed by atoms with Gasteiger partial charge in [-0.3, -0.25) is 4.79 Å². The van der Waals surface area contributed by atoms with Crippen molar-refractivity contribution in [2.24, 2.45) is 5.14 Å². The molecule has 2 aromatic carbocycles. The van der Waals surface area contributed by atoms with Crippen molar-refractivity contribution < 1.29 is 22.3 Å². The summed E-state index contributed by atoms with van der Waals surface area (Å²) in [7, 11) is -3.78. The maximum absolute atomic E-state index is 13.1. The smallest absolute Gasteiger partial charge is 0.238 e. The van der Waals surface area contributed by atoms with E-state index >= 15 is 0 Å². The molecule has 1 heterocycles. The normalized spacial score (nSPS) is 11.5. The quantitative estimate of drug-likeness (QED) is 0.595. The molecule has 3 aromatic rings. The van der Waals surface area contributed by atoms with Gasteiger partial charge in [0, 0.05) is 22.6 Å². The molecule has 0 radical (unpaired) electrons. The Kier molecular flexibility index (Phi) is 5.79. The molecular weight excluding hydrogens is 419 g/mol.